The first-order chi connectivity index (χ1) is 6.61. The van der Waals surface area contributed by atoms with Gasteiger partial charge in [0.15, 0.2) is 6.10 Å². The van der Waals surface area contributed by atoms with E-state index in [-0.39, 0.29) is 0 Å². The molecule has 3 nitrogen and oxygen atoms in total. The highest BCUT2D eigenvalue weighted by molar-refractivity contribution is 5.71. The minimum absolute atomic E-state index is 0.347. The van der Waals surface area contributed by atoms with Gasteiger partial charge in [0, 0.05) is 0 Å². The maximum absolute atomic E-state index is 10.5. The van der Waals surface area contributed by atoms with Crippen LogP contribution < -0.4 is 0 Å². The van der Waals surface area contributed by atoms with Crippen molar-refractivity contribution >= 4 is 5.97 Å². The Morgan fingerprint density at radius 2 is 2.14 bits per heavy atom. The molecule has 0 aliphatic rings. The van der Waals surface area contributed by atoms with Crippen LogP contribution in [0, 0.1) is 6.92 Å². The van der Waals surface area contributed by atoms with Gasteiger partial charge in [-0.05, 0) is 25.0 Å². The topological polar surface area (TPSA) is 46.5 Å². The maximum Gasteiger partial charge on any atom is 0.332 e. The lowest BCUT2D eigenvalue weighted by atomic mass is 10.1. The van der Waals surface area contributed by atoms with Crippen molar-refractivity contribution in [3.63, 3.8) is 0 Å². The van der Waals surface area contributed by atoms with E-state index < -0.39 is 12.1 Å². The molecule has 0 saturated heterocycles. The Morgan fingerprint density at radius 1 is 1.50 bits per heavy atom. The molecule has 14 heavy (non-hydrogen) atoms. The number of carboxylic acid groups (broad SMARTS) is 1. The fraction of sp³-hybridized carbons (Fsp3) is 0.364. The zero-order chi connectivity index (χ0) is 10.6. The predicted octanol–water partition coefficient (Wildman–Crippen LogP) is 1.98. The van der Waals surface area contributed by atoms with Gasteiger partial charge in [0.2, 0.25) is 0 Å². The number of carboxylic acids is 1. The highest BCUT2D eigenvalue weighted by Crippen LogP contribution is 2.09. The third-order valence-corrected chi connectivity index (χ3v) is 2.10. The van der Waals surface area contributed by atoms with Gasteiger partial charge in [0.1, 0.15) is 0 Å². The Kier molecular flexibility index (Phi) is 3.65. The number of hydrogen-bond acceptors (Lipinski definition) is 2. The molecule has 0 aliphatic carbocycles. The number of rotatable bonds is 4. The van der Waals surface area contributed by atoms with Crippen LogP contribution >= 0.6 is 0 Å². The molecule has 0 heterocycles. The van der Waals surface area contributed by atoms with Crippen LogP contribution in [0.2, 0.25) is 0 Å². The molecular formula is C11H14O3. The molecular weight excluding hydrogens is 180 g/mol. The van der Waals surface area contributed by atoms with Gasteiger partial charge < -0.3 is 9.84 Å². The Balaban J connectivity index is 2.54. The summed E-state index contributed by atoms with van der Waals surface area (Å²) in [6.07, 6.45) is -0.755. The van der Waals surface area contributed by atoms with E-state index in [1.54, 1.807) is 0 Å². The van der Waals surface area contributed by atoms with E-state index in [0.717, 1.165) is 11.1 Å². The van der Waals surface area contributed by atoms with Crippen molar-refractivity contribution in [3.05, 3.63) is 35.4 Å². The van der Waals surface area contributed by atoms with Crippen molar-refractivity contribution in [1.82, 2.24) is 0 Å². The fourth-order valence-corrected chi connectivity index (χ4v) is 1.06. The number of aryl methyl sites for hydroxylation is 1. The summed E-state index contributed by atoms with van der Waals surface area (Å²) in [5.74, 6) is -0.932. The van der Waals surface area contributed by atoms with Crippen LogP contribution in [-0.4, -0.2) is 17.2 Å². The zero-order valence-corrected chi connectivity index (χ0v) is 8.36. The van der Waals surface area contributed by atoms with Gasteiger partial charge in [-0.2, -0.15) is 0 Å². The van der Waals surface area contributed by atoms with Gasteiger partial charge in [0.25, 0.3) is 0 Å². The second-order valence-corrected chi connectivity index (χ2v) is 3.22. The van der Waals surface area contributed by atoms with Crippen LogP contribution in [0.25, 0.3) is 0 Å². The standard InChI is InChI=1S/C11H14O3/c1-8-5-3-4-6-10(8)7-14-9(2)11(12)13/h3-6,9H,7H2,1-2H3,(H,12,13)/t9-/m0/s1. The summed E-state index contributed by atoms with van der Waals surface area (Å²) in [6, 6.07) is 7.77. The Bertz CT molecular complexity index is 320. The molecule has 0 bridgehead atoms. The molecule has 0 saturated carbocycles. The molecule has 1 aromatic rings. The second-order valence-electron chi connectivity index (χ2n) is 3.22. The van der Waals surface area contributed by atoms with Crippen molar-refractivity contribution in [3.8, 4) is 0 Å². The Labute approximate surface area is 83.3 Å². The molecule has 0 aromatic heterocycles. The van der Waals surface area contributed by atoms with Gasteiger partial charge in [-0.1, -0.05) is 24.3 Å². The highest BCUT2D eigenvalue weighted by atomic mass is 16.5. The molecule has 3 heteroatoms. The monoisotopic (exact) mass is 194 g/mol. The summed E-state index contributed by atoms with van der Waals surface area (Å²) >= 11 is 0. The zero-order valence-electron chi connectivity index (χ0n) is 8.36. The smallest absolute Gasteiger partial charge is 0.332 e. The van der Waals surface area contributed by atoms with Crippen molar-refractivity contribution in [2.75, 3.05) is 0 Å². The van der Waals surface area contributed by atoms with Crippen molar-refractivity contribution in [2.24, 2.45) is 0 Å². The van der Waals surface area contributed by atoms with E-state index in [4.69, 9.17) is 9.84 Å². The molecule has 1 N–H and O–H groups in total. The number of ether oxygens (including phenoxy) is 1. The van der Waals surface area contributed by atoms with Crippen LogP contribution in [0.5, 0.6) is 0 Å². The summed E-state index contributed by atoms with van der Waals surface area (Å²) in [5, 5.41) is 8.60. The van der Waals surface area contributed by atoms with Crippen molar-refractivity contribution < 1.29 is 14.6 Å². The van der Waals surface area contributed by atoms with Crippen LogP contribution in [0.15, 0.2) is 24.3 Å². The second kappa shape index (κ2) is 4.77. The first-order valence-electron chi connectivity index (χ1n) is 4.50. The lowest BCUT2D eigenvalue weighted by Crippen LogP contribution is -2.19. The van der Waals surface area contributed by atoms with Gasteiger partial charge in [-0.3, -0.25) is 0 Å². The van der Waals surface area contributed by atoms with Crippen molar-refractivity contribution in [2.45, 2.75) is 26.6 Å². The number of carbonyl (C=O) groups is 1. The largest absolute Gasteiger partial charge is 0.479 e. The number of aliphatic carboxylic acids is 1. The van der Waals surface area contributed by atoms with E-state index in [0.29, 0.717) is 6.61 Å². The summed E-state index contributed by atoms with van der Waals surface area (Å²) in [7, 11) is 0. The predicted molar refractivity (Wildman–Crippen MR) is 53.1 cm³/mol. The average molecular weight is 194 g/mol. The lowest BCUT2D eigenvalue weighted by Gasteiger charge is -2.09. The molecule has 0 fully saturated rings. The van der Waals surface area contributed by atoms with Crippen LogP contribution in [0.4, 0.5) is 0 Å². The van der Waals surface area contributed by atoms with Crippen LogP contribution in [0.3, 0.4) is 0 Å². The molecule has 76 valence electrons. The molecule has 0 radical (unpaired) electrons. The number of hydrogen-bond donors (Lipinski definition) is 1. The summed E-state index contributed by atoms with van der Waals surface area (Å²) in [6.45, 7) is 3.85. The van der Waals surface area contributed by atoms with E-state index in [9.17, 15) is 4.79 Å². The minimum atomic E-state index is -0.932. The van der Waals surface area contributed by atoms with E-state index in [1.165, 1.54) is 6.92 Å². The summed E-state index contributed by atoms with van der Waals surface area (Å²) < 4.78 is 5.17. The maximum atomic E-state index is 10.5. The number of benzene rings is 1. The molecule has 0 unspecified atom stereocenters. The molecule has 0 amide bonds. The van der Waals surface area contributed by atoms with Crippen LogP contribution in [-0.2, 0) is 16.1 Å². The molecule has 1 rings (SSSR count). The molecule has 1 aromatic carbocycles. The lowest BCUT2D eigenvalue weighted by molar-refractivity contribution is -0.149. The molecule has 0 aliphatic heterocycles. The average Bonchev–Trinajstić information content (AvgIpc) is 2.16. The quantitative estimate of drug-likeness (QED) is 0.797. The SMILES string of the molecule is Cc1ccccc1CO[C@@H](C)C(=O)O. The van der Waals surface area contributed by atoms with E-state index in [2.05, 4.69) is 0 Å². The fourth-order valence-electron chi connectivity index (χ4n) is 1.06. The van der Waals surface area contributed by atoms with Gasteiger partial charge in [-0.15, -0.1) is 0 Å². The molecule has 1 atom stereocenters. The van der Waals surface area contributed by atoms with E-state index >= 15 is 0 Å². The summed E-state index contributed by atoms with van der Waals surface area (Å²) in [4.78, 5) is 10.5. The highest BCUT2D eigenvalue weighted by Gasteiger charge is 2.10. The summed E-state index contributed by atoms with van der Waals surface area (Å²) in [5.41, 5.74) is 2.14. The van der Waals surface area contributed by atoms with Crippen molar-refractivity contribution in [1.29, 1.82) is 0 Å². The third-order valence-electron chi connectivity index (χ3n) is 2.10. The van der Waals surface area contributed by atoms with Gasteiger partial charge >= 0.3 is 5.97 Å². The van der Waals surface area contributed by atoms with Gasteiger partial charge in [0.05, 0.1) is 6.61 Å². The third kappa shape index (κ3) is 2.85. The Hall–Kier alpha value is -1.35. The van der Waals surface area contributed by atoms with Crippen LogP contribution in [0.1, 0.15) is 18.1 Å². The van der Waals surface area contributed by atoms with Gasteiger partial charge in [-0.25, -0.2) is 4.79 Å². The minimum Gasteiger partial charge on any atom is -0.479 e. The normalized spacial score (nSPS) is 12.4. The Morgan fingerprint density at radius 3 is 2.71 bits per heavy atom. The first-order valence-corrected chi connectivity index (χ1v) is 4.50. The van der Waals surface area contributed by atoms with E-state index in [1.807, 2.05) is 31.2 Å². The molecule has 0 spiro atoms. The first kappa shape index (κ1) is 10.7.